The van der Waals surface area contributed by atoms with Gasteiger partial charge in [0.1, 0.15) is 5.75 Å². The number of esters is 3. The summed E-state index contributed by atoms with van der Waals surface area (Å²) >= 11 is 0. The van der Waals surface area contributed by atoms with E-state index in [-0.39, 0.29) is 17.4 Å². The van der Waals surface area contributed by atoms with Gasteiger partial charge in [0.05, 0.1) is 36.2 Å². The molecule has 9 nitrogen and oxygen atoms in total. The molecule has 3 aromatic rings. The number of benzene rings is 2. The number of nitrogens with zero attached hydrogens (tertiary/aromatic N) is 2. The summed E-state index contributed by atoms with van der Waals surface area (Å²) in [7, 11) is 0. The first-order chi connectivity index (χ1) is 21.8. The van der Waals surface area contributed by atoms with Gasteiger partial charge in [0, 0.05) is 5.56 Å². The van der Waals surface area contributed by atoms with Crippen LogP contribution in [0, 0.1) is 0 Å². The second kappa shape index (κ2) is 19.2. The topological polar surface area (TPSA) is 114 Å². The smallest absolute Gasteiger partial charge is 0.347 e. The molecule has 0 fully saturated rings. The number of carbonyl (C=O) groups excluding carboxylic acids is 3. The average Bonchev–Trinajstić information content (AvgIpc) is 3.04. The molecule has 0 radical (unpaired) electrons. The van der Waals surface area contributed by atoms with Crippen molar-refractivity contribution in [3.63, 3.8) is 0 Å². The van der Waals surface area contributed by atoms with Crippen LogP contribution in [0.1, 0.15) is 113 Å². The lowest BCUT2D eigenvalue weighted by molar-refractivity contribution is -0.156. The van der Waals surface area contributed by atoms with Crippen molar-refractivity contribution in [2.45, 2.75) is 104 Å². The lowest BCUT2D eigenvalue weighted by Gasteiger charge is -2.14. The van der Waals surface area contributed by atoms with Gasteiger partial charge in [-0.3, -0.25) is 0 Å². The Morgan fingerprint density at radius 3 is 1.76 bits per heavy atom. The van der Waals surface area contributed by atoms with Crippen LogP contribution in [0.25, 0.3) is 11.4 Å². The molecule has 0 saturated heterocycles. The maximum Gasteiger partial charge on any atom is 0.347 e. The van der Waals surface area contributed by atoms with Crippen LogP contribution in [0.4, 0.5) is 0 Å². The largest absolute Gasteiger partial charge is 0.490 e. The molecule has 242 valence electrons. The van der Waals surface area contributed by atoms with Crippen LogP contribution in [0.5, 0.6) is 11.5 Å². The van der Waals surface area contributed by atoms with E-state index in [1.165, 1.54) is 89.0 Å². The predicted molar refractivity (Wildman–Crippen MR) is 172 cm³/mol. The van der Waals surface area contributed by atoms with Gasteiger partial charge in [-0.05, 0) is 63.6 Å². The molecule has 9 heteroatoms. The maximum atomic E-state index is 12.7. The number of unbranched alkanes of at least 4 members (excludes halogenated alkanes) is 9. The average molecular weight is 619 g/mol. The van der Waals surface area contributed by atoms with E-state index in [1.807, 2.05) is 0 Å². The van der Waals surface area contributed by atoms with Crippen LogP contribution < -0.4 is 9.47 Å². The molecule has 1 atom stereocenters. The van der Waals surface area contributed by atoms with Gasteiger partial charge < -0.3 is 18.9 Å². The predicted octanol–water partition coefficient (Wildman–Crippen LogP) is 8.16. The van der Waals surface area contributed by atoms with E-state index < -0.39 is 24.0 Å². The molecule has 45 heavy (non-hydrogen) atoms. The Kier molecular flexibility index (Phi) is 15.0. The summed E-state index contributed by atoms with van der Waals surface area (Å²) in [5, 5.41) is 0. The molecule has 0 N–H and O–H groups in total. The van der Waals surface area contributed by atoms with Crippen molar-refractivity contribution < 1.29 is 33.3 Å². The number of rotatable bonds is 19. The molecule has 0 unspecified atom stereocenters. The molecule has 0 saturated carbocycles. The third-order valence-electron chi connectivity index (χ3n) is 7.04. The Labute approximate surface area is 266 Å². The Balaban J connectivity index is 1.39. The zero-order valence-corrected chi connectivity index (χ0v) is 27.0. The second-order valence-corrected chi connectivity index (χ2v) is 11.3. The first-order valence-corrected chi connectivity index (χ1v) is 16.1. The molecule has 1 heterocycles. The third kappa shape index (κ3) is 12.7. The molecule has 3 rings (SSSR count). The quantitative estimate of drug-likeness (QED) is 0.0745. The number of hydrogen-bond acceptors (Lipinski definition) is 9. The molecule has 2 aromatic carbocycles. The highest BCUT2D eigenvalue weighted by Gasteiger charge is 2.21. The molecular weight excluding hydrogens is 572 g/mol. The van der Waals surface area contributed by atoms with E-state index in [0.717, 1.165) is 12.0 Å². The van der Waals surface area contributed by atoms with Crippen molar-refractivity contribution in [2.24, 2.45) is 0 Å². The summed E-state index contributed by atoms with van der Waals surface area (Å²) in [4.78, 5) is 45.7. The van der Waals surface area contributed by atoms with Crippen LogP contribution in [-0.4, -0.2) is 46.7 Å². The molecule has 0 amide bonds. The Morgan fingerprint density at radius 2 is 1.18 bits per heavy atom. The molecular formula is C36H46N2O7. The van der Waals surface area contributed by atoms with Crippen molar-refractivity contribution in [1.29, 1.82) is 0 Å². The third-order valence-corrected chi connectivity index (χ3v) is 7.04. The monoisotopic (exact) mass is 618 g/mol. The second-order valence-electron chi connectivity index (χ2n) is 11.3. The fourth-order valence-electron chi connectivity index (χ4n) is 4.50. The summed E-state index contributed by atoms with van der Waals surface area (Å²) < 4.78 is 21.4. The van der Waals surface area contributed by atoms with Crippen LogP contribution in [-0.2, 0) is 14.3 Å². The zero-order valence-electron chi connectivity index (χ0n) is 27.0. The van der Waals surface area contributed by atoms with Gasteiger partial charge in [-0.15, -0.1) is 0 Å². The Bertz CT molecular complexity index is 1320. The minimum atomic E-state index is -1.05. The van der Waals surface area contributed by atoms with Crippen LogP contribution >= 0.6 is 0 Å². The zero-order chi connectivity index (χ0) is 32.4. The van der Waals surface area contributed by atoms with E-state index in [0.29, 0.717) is 23.7 Å². The summed E-state index contributed by atoms with van der Waals surface area (Å²) in [6, 6.07) is 12.6. The first kappa shape index (κ1) is 35.2. The van der Waals surface area contributed by atoms with Crippen molar-refractivity contribution in [3.8, 4) is 22.9 Å². The van der Waals surface area contributed by atoms with Crippen LogP contribution in [0.3, 0.4) is 0 Å². The molecule has 0 spiro atoms. The van der Waals surface area contributed by atoms with Crippen molar-refractivity contribution in [1.82, 2.24) is 9.97 Å². The number of ether oxygens (including phenoxy) is 4. The van der Waals surface area contributed by atoms with Gasteiger partial charge in [-0.1, -0.05) is 76.8 Å². The normalized spacial score (nSPS) is 11.6. The van der Waals surface area contributed by atoms with E-state index >= 15 is 0 Å². The van der Waals surface area contributed by atoms with Gasteiger partial charge in [0.2, 0.25) is 0 Å². The number of carbonyl (C=O) groups is 3. The van der Waals surface area contributed by atoms with Crippen LogP contribution in [0.2, 0.25) is 0 Å². The van der Waals surface area contributed by atoms with Gasteiger partial charge in [0.25, 0.3) is 0 Å². The van der Waals surface area contributed by atoms with Gasteiger partial charge in [-0.2, -0.15) is 0 Å². The highest BCUT2D eigenvalue weighted by molar-refractivity contribution is 5.93. The van der Waals surface area contributed by atoms with E-state index in [4.69, 9.17) is 18.9 Å². The summed E-state index contributed by atoms with van der Waals surface area (Å²) in [6.45, 7) is 7.77. The van der Waals surface area contributed by atoms with Gasteiger partial charge in [-0.25, -0.2) is 24.4 Å². The lowest BCUT2D eigenvalue weighted by Crippen LogP contribution is -2.28. The van der Waals surface area contributed by atoms with E-state index in [9.17, 15) is 14.4 Å². The van der Waals surface area contributed by atoms with Crippen molar-refractivity contribution in [2.75, 3.05) is 6.61 Å². The van der Waals surface area contributed by atoms with Gasteiger partial charge in [0.15, 0.2) is 17.7 Å². The Morgan fingerprint density at radius 1 is 0.644 bits per heavy atom. The van der Waals surface area contributed by atoms with E-state index in [2.05, 4.69) is 16.9 Å². The minimum Gasteiger partial charge on any atom is -0.490 e. The number of hydrogen-bond donors (Lipinski definition) is 0. The molecule has 0 bridgehead atoms. The fraction of sp³-hybridized carbons (Fsp3) is 0.472. The maximum absolute atomic E-state index is 12.7. The lowest BCUT2D eigenvalue weighted by atomic mass is 10.1. The van der Waals surface area contributed by atoms with Crippen LogP contribution in [0.15, 0.2) is 60.9 Å². The van der Waals surface area contributed by atoms with Crippen molar-refractivity contribution >= 4 is 17.9 Å². The fourth-order valence-corrected chi connectivity index (χ4v) is 4.50. The highest BCUT2D eigenvalue weighted by Crippen LogP contribution is 2.20. The van der Waals surface area contributed by atoms with Crippen molar-refractivity contribution in [3.05, 3.63) is 72.1 Å². The first-order valence-electron chi connectivity index (χ1n) is 16.1. The summed E-state index contributed by atoms with van der Waals surface area (Å²) in [5.41, 5.74) is 1.30. The molecule has 1 aromatic heterocycles. The molecule has 0 aliphatic carbocycles. The summed E-state index contributed by atoms with van der Waals surface area (Å²) in [5.74, 6) is -0.453. The van der Waals surface area contributed by atoms with Gasteiger partial charge >= 0.3 is 17.9 Å². The highest BCUT2D eigenvalue weighted by atomic mass is 16.6. The SMILES string of the molecule is CCCCCCCCCCCCOc1cnc(-c2ccc(C(=O)Oc3ccc(C(=O)O[C@@H](C)C(=O)OC(C)C)cc3)cc2)nc1. The number of aromatic nitrogens is 2. The molecule has 0 aliphatic rings. The summed E-state index contributed by atoms with van der Waals surface area (Å²) in [6.07, 6.45) is 14.8. The van der Waals surface area contributed by atoms with E-state index in [1.54, 1.807) is 50.5 Å². The molecule has 0 aliphatic heterocycles. The minimum absolute atomic E-state index is 0.207. The standard InChI is InChI=1S/C36H46N2O7/c1-5-6-7-8-9-10-11-12-13-14-23-42-32-24-37-33(38-25-32)28-15-17-29(18-16-28)36(41)45-31-21-19-30(20-22-31)35(40)44-27(4)34(39)43-26(2)3/h15-22,24-27H,5-14,23H2,1-4H3/t27-/m0/s1. The Hall–Kier alpha value is -4.27.